The van der Waals surface area contributed by atoms with Crippen molar-refractivity contribution in [2.24, 2.45) is 5.92 Å². The molecule has 3 unspecified atom stereocenters. The van der Waals surface area contributed by atoms with E-state index in [9.17, 15) is 0 Å². The second kappa shape index (κ2) is 6.00. The third kappa shape index (κ3) is 4.08. The van der Waals surface area contributed by atoms with Crippen LogP contribution in [0.3, 0.4) is 0 Å². The van der Waals surface area contributed by atoms with Gasteiger partial charge in [-0.3, -0.25) is 0 Å². The van der Waals surface area contributed by atoms with Crippen LogP contribution in [0.1, 0.15) is 33.1 Å². The van der Waals surface area contributed by atoms with Crippen LogP contribution in [0.2, 0.25) is 0 Å². The molecule has 1 fully saturated rings. The lowest BCUT2D eigenvalue weighted by Crippen LogP contribution is -2.35. The van der Waals surface area contributed by atoms with Crippen LogP contribution in [-0.2, 0) is 0 Å². The van der Waals surface area contributed by atoms with Crippen LogP contribution in [0.15, 0.2) is 0 Å². The lowest BCUT2D eigenvalue weighted by molar-refractivity contribution is 0.428. The van der Waals surface area contributed by atoms with Gasteiger partial charge >= 0.3 is 0 Å². The van der Waals surface area contributed by atoms with E-state index in [1.165, 1.54) is 25.8 Å². The van der Waals surface area contributed by atoms with Crippen molar-refractivity contribution in [2.45, 2.75) is 45.2 Å². The fourth-order valence-corrected chi connectivity index (χ4v) is 1.89. The molecule has 80 valence electrons. The molecule has 0 spiro atoms. The Balaban J connectivity index is 2.09. The Hall–Kier alpha value is -0.590. The molecule has 14 heavy (non-hydrogen) atoms. The summed E-state index contributed by atoms with van der Waals surface area (Å²) in [5, 5.41) is 15.5. The highest BCUT2D eigenvalue weighted by Gasteiger charge is 2.16. The number of nitriles is 1. The van der Waals surface area contributed by atoms with Crippen LogP contribution in [0, 0.1) is 17.2 Å². The van der Waals surface area contributed by atoms with Gasteiger partial charge in [0.1, 0.15) is 0 Å². The lowest BCUT2D eigenvalue weighted by Gasteiger charge is -2.18. The van der Waals surface area contributed by atoms with E-state index in [0.717, 1.165) is 6.54 Å². The first-order chi connectivity index (χ1) is 6.72. The van der Waals surface area contributed by atoms with Crippen LogP contribution < -0.4 is 10.6 Å². The van der Waals surface area contributed by atoms with Gasteiger partial charge in [-0.25, -0.2) is 0 Å². The van der Waals surface area contributed by atoms with Gasteiger partial charge in [-0.15, -0.1) is 0 Å². The molecule has 1 saturated heterocycles. The van der Waals surface area contributed by atoms with E-state index in [0.29, 0.717) is 12.1 Å². The van der Waals surface area contributed by atoms with E-state index < -0.39 is 0 Å². The third-order valence-corrected chi connectivity index (χ3v) is 2.79. The standard InChI is InChI=1S/C11H21N3/c1-9(7-12)8-14-10(2)6-11-4-3-5-13-11/h9-11,13-14H,3-6,8H2,1-2H3. The first kappa shape index (κ1) is 11.5. The molecule has 0 radical (unpaired) electrons. The second-order valence-electron chi connectivity index (χ2n) is 4.37. The zero-order chi connectivity index (χ0) is 10.4. The van der Waals surface area contributed by atoms with Gasteiger partial charge in [-0.2, -0.15) is 5.26 Å². The molecule has 2 N–H and O–H groups in total. The molecule has 3 atom stereocenters. The largest absolute Gasteiger partial charge is 0.314 e. The first-order valence-electron chi connectivity index (χ1n) is 5.58. The third-order valence-electron chi connectivity index (χ3n) is 2.79. The highest BCUT2D eigenvalue weighted by atomic mass is 15.0. The molecular weight excluding hydrogens is 174 g/mol. The predicted molar refractivity (Wildman–Crippen MR) is 57.9 cm³/mol. The maximum atomic E-state index is 8.63. The van der Waals surface area contributed by atoms with Gasteiger partial charge in [0, 0.05) is 18.6 Å². The molecule has 0 aromatic rings. The average molecular weight is 195 g/mol. The van der Waals surface area contributed by atoms with Crippen molar-refractivity contribution < 1.29 is 0 Å². The number of hydrogen-bond donors (Lipinski definition) is 2. The van der Waals surface area contributed by atoms with Gasteiger partial charge in [0.15, 0.2) is 0 Å². The zero-order valence-electron chi connectivity index (χ0n) is 9.21. The topological polar surface area (TPSA) is 47.9 Å². The molecule has 0 aromatic heterocycles. The molecule has 0 amide bonds. The molecule has 3 nitrogen and oxygen atoms in total. The Morgan fingerprint density at radius 1 is 1.57 bits per heavy atom. The number of hydrogen-bond acceptors (Lipinski definition) is 3. The maximum absolute atomic E-state index is 8.63. The monoisotopic (exact) mass is 195 g/mol. The molecule has 1 rings (SSSR count). The molecule has 0 aliphatic carbocycles. The summed E-state index contributed by atoms with van der Waals surface area (Å²) in [6.07, 6.45) is 3.80. The van der Waals surface area contributed by atoms with Crippen molar-refractivity contribution in [1.29, 1.82) is 5.26 Å². The molecule has 1 aliphatic heterocycles. The summed E-state index contributed by atoms with van der Waals surface area (Å²) < 4.78 is 0. The van der Waals surface area contributed by atoms with Crippen LogP contribution in [0.5, 0.6) is 0 Å². The minimum absolute atomic E-state index is 0.119. The minimum Gasteiger partial charge on any atom is -0.314 e. The van der Waals surface area contributed by atoms with E-state index in [2.05, 4.69) is 23.6 Å². The fraction of sp³-hybridized carbons (Fsp3) is 0.909. The molecular formula is C11H21N3. The van der Waals surface area contributed by atoms with Gasteiger partial charge in [0.25, 0.3) is 0 Å². The summed E-state index contributed by atoms with van der Waals surface area (Å²) in [6.45, 7) is 6.13. The Bertz CT molecular complexity index is 191. The maximum Gasteiger partial charge on any atom is 0.0666 e. The summed E-state index contributed by atoms with van der Waals surface area (Å²) in [5.74, 6) is 0.119. The summed E-state index contributed by atoms with van der Waals surface area (Å²) in [6, 6.07) is 3.44. The highest BCUT2D eigenvalue weighted by Crippen LogP contribution is 2.10. The van der Waals surface area contributed by atoms with Crippen molar-refractivity contribution in [3.8, 4) is 6.07 Å². The Morgan fingerprint density at radius 3 is 2.93 bits per heavy atom. The van der Waals surface area contributed by atoms with E-state index in [-0.39, 0.29) is 5.92 Å². The van der Waals surface area contributed by atoms with Crippen LogP contribution >= 0.6 is 0 Å². The Kier molecular flexibility index (Phi) is 4.92. The van der Waals surface area contributed by atoms with E-state index in [1.54, 1.807) is 0 Å². The van der Waals surface area contributed by atoms with Crippen molar-refractivity contribution >= 4 is 0 Å². The van der Waals surface area contributed by atoms with Gasteiger partial charge in [-0.05, 0) is 39.7 Å². The van der Waals surface area contributed by atoms with Gasteiger partial charge in [0.05, 0.1) is 12.0 Å². The highest BCUT2D eigenvalue weighted by molar-refractivity contribution is 4.83. The first-order valence-corrected chi connectivity index (χ1v) is 5.58. The van der Waals surface area contributed by atoms with Crippen LogP contribution in [0.25, 0.3) is 0 Å². The minimum atomic E-state index is 0.119. The average Bonchev–Trinajstić information content (AvgIpc) is 2.66. The van der Waals surface area contributed by atoms with Gasteiger partial charge in [0.2, 0.25) is 0 Å². The number of rotatable bonds is 5. The molecule has 3 heteroatoms. The van der Waals surface area contributed by atoms with Crippen LogP contribution in [0.4, 0.5) is 0 Å². The second-order valence-corrected chi connectivity index (χ2v) is 4.37. The fourth-order valence-electron chi connectivity index (χ4n) is 1.89. The lowest BCUT2D eigenvalue weighted by atomic mass is 10.1. The summed E-state index contributed by atoms with van der Waals surface area (Å²) in [7, 11) is 0. The van der Waals surface area contributed by atoms with Crippen molar-refractivity contribution in [2.75, 3.05) is 13.1 Å². The summed E-state index contributed by atoms with van der Waals surface area (Å²) in [4.78, 5) is 0. The normalized spacial score (nSPS) is 25.6. The quantitative estimate of drug-likeness (QED) is 0.694. The Morgan fingerprint density at radius 2 is 2.36 bits per heavy atom. The van der Waals surface area contributed by atoms with Crippen molar-refractivity contribution in [3.63, 3.8) is 0 Å². The van der Waals surface area contributed by atoms with E-state index in [4.69, 9.17) is 5.26 Å². The van der Waals surface area contributed by atoms with E-state index >= 15 is 0 Å². The molecule has 1 aliphatic rings. The SMILES string of the molecule is CC(C#N)CNC(C)CC1CCCN1. The number of nitrogens with one attached hydrogen (secondary N) is 2. The predicted octanol–water partition coefficient (Wildman–Crippen LogP) is 1.27. The Labute approximate surface area is 86.9 Å². The van der Waals surface area contributed by atoms with Crippen LogP contribution in [-0.4, -0.2) is 25.2 Å². The number of nitrogens with zero attached hydrogens (tertiary/aromatic N) is 1. The molecule has 0 bridgehead atoms. The molecule has 1 heterocycles. The van der Waals surface area contributed by atoms with Gasteiger partial charge < -0.3 is 10.6 Å². The van der Waals surface area contributed by atoms with Crippen molar-refractivity contribution in [3.05, 3.63) is 0 Å². The summed E-state index contributed by atoms with van der Waals surface area (Å²) in [5.41, 5.74) is 0. The van der Waals surface area contributed by atoms with Gasteiger partial charge in [-0.1, -0.05) is 0 Å². The zero-order valence-corrected chi connectivity index (χ0v) is 9.21. The molecule has 0 aromatic carbocycles. The molecule has 0 saturated carbocycles. The van der Waals surface area contributed by atoms with Crippen molar-refractivity contribution in [1.82, 2.24) is 10.6 Å². The smallest absolute Gasteiger partial charge is 0.0666 e. The summed E-state index contributed by atoms with van der Waals surface area (Å²) >= 11 is 0. The van der Waals surface area contributed by atoms with E-state index in [1.807, 2.05) is 6.92 Å².